The highest BCUT2D eigenvalue weighted by molar-refractivity contribution is 7.09. The van der Waals surface area contributed by atoms with Gasteiger partial charge in [-0.3, -0.25) is 4.79 Å². The molecule has 0 unspecified atom stereocenters. The molecule has 0 spiro atoms. The second-order valence-electron chi connectivity index (χ2n) is 4.23. The van der Waals surface area contributed by atoms with E-state index in [-0.39, 0.29) is 5.91 Å². The normalized spacial score (nSPS) is 10.3. The molecular weight excluding hydrogens is 244 g/mol. The molecular formula is C14H16N2OS. The van der Waals surface area contributed by atoms with Crippen LogP contribution in [0.1, 0.15) is 17.5 Å². The zero-order valence-corrected chi connectivity index (χ0v) is 11.4. The maximum atomic E-state index is 10.8. The molecule has 0 saturated carbocycles. The third kappa shape index (κ3) is 3.40. The smallest absolute Gasteiger partial charge is 0.216 e. The predicted octanol–water partition coefficient (Wildman–Crippen LogP) is 2.80. The molecule has 0 fully saturated rings. The van der Waals surface area contributed by atoms with Gasteiger partial charge in [-0.1, -0.05) is 29.8 Å². The highest BCUT2D eigenvalue weighted by Gasteiger charge is 2.04. The maximum Gasteiger partial charge on any atom is 0.216 e. The zero-order chi connectivity index (χ0) is 13.0. The topological polar surface area (TPSA) is 42.0 Å². The highest BCUT2D eigenvalue weighted by atomic mass is 32.1. The summed E-state index contributed by atoms with van der Waals surface area (Å²) in [6.45, 7) is 4.25. The molecule has 18 heavy (non-hydrogen) atoms. The lowest BCUT2D eigenvalue weighted by atomic mass is 10.1. The Bertz CT molecular complexity index is 531. The van der Waals surface area contributed by atoms with Gasteiger partial charge in [0.25, 0.3) is 0 Å². The molecule has 1 aromatic heterocycles. The van der Waals surface area contributed by atoms with Gasteiger partial charge in [-0.2, -0.15) is 0 Å². The summed E-state index contributed by atoms with van der Waals surface area (Å²) in [7, 11) is 0. The summed E-state index contributed by atoms with van der Waals surface area (Å²) in [6.07, 6.45) is 0.788. The van der Waals surface area contributed by atoms with E-state index in [9.17, 15) is 4.79 Å². The van der Waals surface area contributed by atoms with Crippen LogP contribution in [-0.4, -0.2) is 17.4 Å². The summed E-state index contributed by atoms with van der Waals surface area (Å²) in [4.78, 5) is 15.3. The van der Waals surface area contributed by atoms with Gasteiger partial charge in [-0.05, 0) is 6.92 Å². The van der Waals surface area contributed by atoms with Crippen molar-refractivity contribution in [3.63, 3.8) is 0 Å². The zero-order valence-electron chi connectivity index (χ0n) is 10.6. The van der Waals surface area contributed by atoms with E-state index in [0.717, 1.165) is 22.7 Å². The van der Waals surface area contributed by atoms with Crippen LogP contribution in [0.3, 0.4) is 0 Å². The molecule has 1 aromatic carbocycles. The average Bonchev–Trinajstić information content (AvgIpc) is 2.78. The fourth-order valence-electron chi connectivity index (χ4n) is 1.63. The Balaban J connectivity index is 2.01. The summed E-state index contributed by atoms with van der Waals surface area (Å²) in [5.74, 6) is 0.00492. The molecule has 2 aromatic rings. The van der Waals surface area contributed by atoms with Crippen molar-refractivity contribution in [1.82, 2.24) is 10.3 Å². The van der Waals surface area contributed by atoms with Crippen molar-refractivity contribution in [2.45, 2.75) is 20.3 Å². The van der Waals surface area contributed by atoms with E-state index >= 15 is 0 Å². The summed E-state index contributed by atoms with van der Waals surface area (Å²) >= 11 is 1.64. The third-order valence-electron chi connectivity index (χ3n) is 2.61. The molecule has 0 saturated heterocycles. The predicted molar refractivity (Wildman–Crippen MR) is 74.7 cm³/mol. The molecule has 3 nitrogen and oxygen atoms in total. The van der Waals surface area contributed by atoms with Gasteiger partial charge in [-0.25, -0.2) is 4.98 Å². The monoisotopic (exact) mass is 260 g/mol. The number of aryl methyl sites for hydroxylation is 1. The number of carbonyl (C=O) groups excluding carboxylic acids is 1. The molecule has 0 bridgehead atoms. The standard InChI is InChI=1S/C14H16N2OS/c1-10-3-5-12(6-4-10)13-9-18-14(16-13)7-8-15-11(2)17/h3-6,9H,7-8H2,1-2H3,(H,15,17). The van der Waals surface area contributed by atoms with E-state index in [1.807, 2.05) is 0 Å². The van der Waals surface area contributed by atoms with Gasteiger partial charge in [0.15, 0.2) is 0 Å². The van der Waals surface area contributed by atoms with Crippen molar-refractivity contribution in [1.29, 1.82) is 0 Å². The van der Waals surface area contributed by atoms with E-state index in [2.05, 4.69) is 46.9 Å². The highest BCUT2D eigenvalue weighted by Crippen LogP contribution is 2.22. The van der Waals surface area contributed by atoms with Gasteiger partial charge >= 0.3 is 0 Å². The Labute approximate surface area is 111 Å². The fraction of sp³-hybridized carbons (Fsp3) is 0.286. The number of thiazole rings is 1. The van der Waals surface area contributed by atoms with Gasteiger partial charge in [0.05, 0.1) is 10.7 Å². The third-order valence-corrected chi connectivity index (χ3v) is 3.52. The Morgan fingerprint density at radius 1 is 1.33 bits per heavy atom. The number of carbonyl (C=O) groups is 1. The van der Waals surface area contributed by atoms with Crippen LogP contribution in [0.25, 0.3) is 11.3 Å². The number of hydrogen-bond acceptors (Lipinski definition) is 3. The average molecular weight is 260 g/mol. The van der Waals surface area contributed by atoms with Crippen molar-refractivity contribution >= 4 is 17.2 Å². The van der Waals surface area contributed by atoms with E-state index < -0.39 is 0 Å². The lowest BCUT2D eigenvalue weighted by molar-refractivity contribution is -0.118. The first kappa shape index (κ1) is 12.8. The minimum absolute atomic E-state index is 0.00492. The van der Waals surface area contributed by atoms with Crippen LogP contribution in [0, 0.1) is 6.92 Å². The molecule has 0 atom stereocenters. The van der Waals surface area contributed by atoms with Crippen molar-refractivity contribution in [2.75, 3.05) is 6.54 Å². The second-order valence-corrected chi connectivity index (χ2v) is 5.17. The van der Waals surface area contributed by atoms with E-state index in [4.69, 9.17) is 0 Å². The van der Waals surface area contributed by atoms with Crippen molar-refractivity contribution in [3.05, 3.63) is 40.2 Å². The first-order chi connectivity index (χ1) is 8.65. The number of aromatic nitrogens is 1. The van der Waals surface area contributed by atoms with Crippen LogP contribution in [0.2, 0.25) is 0 Å². The van der Waals surface area contributed by atoms with E-state index in [1.165, 1.54) is 12.5 Å². The maximum absolute atomic E-state index is 10.8. The lowest BCUT2D eigenvalue weighted by Gasteiger charge is -1.99. The summed E-state index contributed by atoms with van der Waals surface area (Å²) in [5, 5.41) is 5.90. The van der Waals surface area contributed by atoms with Crippen LogP contribution in [-0.2, 0) is 11.2 Å². The fourth-order valence-corrected chi connectivity index (χ4v) is 2.44. The van der Waals surface area contributed by atoms with Gasteiger partial charge < -0.3 is 5.32 Å². The second kappa shape index (κ2) is 5.78. The van der Waals surface area contributed by atoms with Gasteiger partial charge in [0.2, 0.25) is 5.91 Å². The quantitative estimate of drug-likeness (QED) is 0.918. The van der Waals surface area contributed by atoms with Gasteiger partial charge in [-0.15, -0.1) is 11.3 Å². The van der Waals surface area contributed by atoms with Crippen LogP contribution in [0.15, 0.2) is 29.6 Å². The minimum Gasteiger partial charge on any atom is -0.356 e. The summed E-state index contributed by atoms with van der Waals surface area (Å²) in [5.41, 5.74) is 3.40. The minimum atomic E-state index is 0.00492. The lowest BCUT2D eigenvalue weighted by Crippen LogP contribution is -2.22. The molecule has 1 amide bonds. The molecule has 94 valence electrons. The van der Waals surface area contributed by atoms with Crippen LogP contribution < -0.4 is 5.32 Å². The number of nitrogens with one attached hydrogen (secondary N) is 1. The summed E-state index contributed by atoms with van der Waals surface area (Å²) < 4.78 is 0. The number of hydrogen-bond donors (Lipinski definition) is 1. The van der Waals surface area contributed by atoms with Crippen molar-refractivity contribution in [3.8, 4) is 11.3 Å². The number of rotatable bonds is 4. The van der Waals surface area contributed by atoms with Crippen LogP contribution in [0.5, 0.6) is 0 Å². The van der Waals surface area contributed by atoms with Gasteiger partial charge in [0, 0.05) is 30.8 Å². The number of benzene rings is 1. The summed E-state index contributed by atoms with van der Waals surface area (Å²) in [6, 6.07) is 8.35. The molecule has 2 rings (SSSR count). The van der Waals surface area contributed by atoms with E-state index in [0.29, 0.717) is 6.54 Å². The Kier molecular flexibility index (Phi) is 4.10. The molecule has 0 aliphatic heterocycles. The Hall–Kier alpha value is -1.68. The SMILES string of the molecule is CC(=O)NCCc1nc(-c2ccc(C)cc2)cs1. The molecule has 1 N–H and O–H groups in total. The molecule has 0 radical (unpaired) electrons. The Morgan fingerprint density at radius 2 is 2.06 bits per heavy atom. The first-order valence-corrected chi connectivity index (χ1v) is 6.79. The number of nitrogens with zero attached hydrogens (tertiary/aromatic N) is 1. The molecule has 1 heterocycles. The van der Waals surface area contributed by atoms with Crippen molar-refractivity contribution in [2.24, 2.45) is 0 Å². The van der Waals surface area contributed by atoms with Crippen LogP contribution in [0.4, 0.5) is 0 Å². The van der Waals surface area contributed by atoms with Crippen molar-refractivity contribution < 1.29 is 4.79 Å². The van der Waals surface area contributed by atoms with E-state index in [1.54, 1.807) is 11.3 Å². The molecule has 0 aliphatic carbocycles. The molecule has 4 heteroatoms. The molecule has 0 aliphatic rings. The Morgan fingerprint density at radius 3 is 2.72 bits per heavy atom. The van der Waals surface area contributed by atoms with Crippen LogP contribution >= 0.6 is 11.3 Å². The largest absolute Gasteiger partial charge is 0.356 e. The first-order valence-electron chi connectivity index (χ1n) is 5.91. The number of amides is 1. The van der Waals surface area contributed by atoms with Gasteiger partial charge in [0.1, 0.15) is 0 Å².